The Bertz CT molecular complexity index is 366. The van der Waals surface area contributed by atoms with Crippen molar-refractivity contribution in [2.24, 2.45) is 11.8 Å². The molecule has 1 unspecified atom stereocenters. The second kappa shape index (κ2) is 6.48. The van der Waals surface area contributed by atoms with E-state index in [0.29, 0.717) is 0 Å². The standard InChI is InChI=1S/C11H16O8/c1-5(13)18-9-8(7(3-12)10(15)16)4-17-11(9)19-6(2)14/h7-9,11-12H,3-4H2,1-2H3,(H,15,16)/t7-,8-,9+,11?/m0/s1. The van der Waals surface area contributed by atoms with E-state index in [9.17, 15) is 14.4 Å². The van der Waals surface area contributed by atoms with E-state index in [2.05, 4.69) is 0 Å². The normalized spacial score (nSPS) is 27.6. The van der Waals surface area contributed by atoms with Crippen molar-refractivity contribution in [3.8, 4) is 0 Å². The zero-order chi connectivity index (χ0) is 14.6. The van der Waals surface area contributed by atoms with Gasteiger partial charge in [0.2, 0.25) is 6.29 Å². The van der Waals surface area contributed by atoms with E-state index in [1.807, 2.05) is 0 Å². The molecule has 0 aromatic heterocycles. The van der Waals surface area contributed by atoms with E-state index in [1.54, 1.807) is 0 Å². The van der Waals surface area contributed by atoms with Crippen molar-refractivity contribution >= 4 is 17.9 Å². The van der Waals surface area contributed by atoms with Crippen LogP contribution in [0.5, 0.6) is 0 Å². The molecule has 1 fully saturated rings. The van der Waals surface area contributed by atoms with Gasteiger partial charge in [-0.1, -0.05) is 0 Å². The van der Waals surface area contributed by atoms with Crippen LogP contribution >= 0.6 is 0 Å². The zero-order valence-electron chi connectivity index (χ0n) is 10.6. The monoisotopic (exact) mass is 276 g/mol. The molecule has 1 saturated heterocycles. The fourth-order valence-electron chi connectivity index (χ4n) is 1.94. The quantitative estimate of drug-likeness (QED) is 0.623. The number of hydrogen-bond acceptors (Lipinski definition) is 7. The van der Waals surface area contributed by atoms with Gasteiger partial charge in [-0.05, 0) is 0 Å². The molecule has 1 aliphatic rings. The smallest absolute Gasteiger partial charge is 0.309 e. The maximum absolute atomic E-state index is 11.0. The summed E-state index contributed by atoms with van der Waals surface area (Å²) in [6, 6.07) is 0. The minimum Gasteiger partial charge on any atom is -0.481 e. The summed E-state index contributed by atoms with van der Waals surface area (Å²) in [6.07, 6.45) is -2.20. The summed E-state index contributed by atoms with van der Waals surface area (Å²) >= 11 is 0. The Morgan fingerprint density at radius 3 is 2.26 bits per heavy atom. The van der Waals surface area contributed by atoms with Crippen LogP contribution in [0.1, 0.15) is 13.8 Å². The lowest BCUT2D eigenvalue weighted by molar-refractivity contribution is -0.191. The number of carbonyl (C=O) groups excluding carboxylic acids is 2. The van der Waals surface area contributed by atoms with E-state index in [4.69, 9.17) is 24.4 Å². The van der Waals surface area contributed by atoms with Crippen LogP contribution in [0.2, 0.25) is 0 Å². The summed E-state index contributed by atoms with van der Waals surface area (Å²) in [6.45, 7) is 1.58. The molecule has 1 heterocycles. The molecule has 0 aromatic rings. The predicted octanol–water partition coefficient (Wildman–Crippen LogP) is -0.853. The maximum Gasteiger partial charge on any atom is 0.309 e. The van der Waals surface area contributed by atoms with Gasteiger partial charge in [-0.3, -0.25) is 14.4 Å². The first-order valence-electron chi connectivity index (χ1n) is 5.66. The molecule has 1 aliphatic heterocycles. The molecular formula is C11H16O8. The zero-order valence-corrected chi connectivity index (χ0v) is 10.6. The number of ether oxygens (including phenoxy) is 3. The van der Waals surface area contributed by atoms with E-state index in [-0.39, 0.29) is 6.61 Å². The third-order valence-corrected chi connectivity index (χ3v) is 2.76. The van der Waals surface area contributed by atoms with Gasteiger partial charge >= 0.3 is 17.9 Å². The van der Waals surface area contributed by atoms with Gasteiger partial charge in [0.25, 0.3) is 0 Å². The second-order valence-corrected chi connectivity index (χ2v) is 4.18. The maximum atomic E-state index is 11.0. The van der Waals surface area contributed by atoms with Gasteiger partial charge in [-0.25, -0.2) is 0 Å². The lowest BCUT2D eigenvalue weighted by Crippen LogP contribution is -2.40. The molecule has 0 spiro atoms. The lowest BCUT2D eigenvalue weighted by Gasteiger charge is -2.24. The molecule has 1 rings (SSSR count). The molecule has 0 aromatic carbocycles. The number of carboxylic acids is 1. The van der Waals surface area contributed by atoms with Crippen molar-refractivity contribution in [3.05, 3.63) is 0 Å². The van der Waals surface area contributed by atoms with Crippen LogP contribution in [0.15, 0.2) is 0 Å². The highest BCUT2D eigenvalue weighted by molar-refractivity contribution is 5.71. The number of carbonyl (C=O) groups is 3. The van der Waals surface area contributed by atoms with Gasteiger partial charge in [0, 0.05) is 19.8 Å². The largest absolute Gasteiger partial charge is 0.481 e. The summed E-state index contributed by atoms with van der Waals surface area (Å²) in [5.74, 6) is -4.48. The number of esters is 2. The van der Waals surface area contributed by atoms with Gasteiger partial charge in [-0.2, -0.15) is 0 Å². The third-order valence-electron chi connectivity index (χ3n) is 2.76. The minimum absolute atomic E-state index is 0.0899. The number of hydrogen-bond donors (Lipinski definition) is 2. The molecule has 8 nitrogen and oxygen atoms in total. The second-order valence-electron chi connectivity index (χ2n) is 4.18. The van der Waals surface area contributed by atoms with Crippen molar-refractivity contribution < 1.29 is 38.8 Å². The van der Waals surface area contributed by atoms with Crippen LogP contribution in [-0.2, 0) is 28.6 Å². The van der Waals surface area contributed by atoms with E-state index >= 15 is 0 Å². The van der Waals surface area contributed by atoms with E-state index in [0.717, 1.165) is 13.8 Å². The highest BCUT2D eigenvalue weighted by Crippen LogP contribution is 2.30. The first kappa shape index (κ1) is 15.4. The van der Waals surface area contributed by atoms with E-state index < -0.39 is 48.7 Å². The average molecular weight is 276 g/mol. The molecular weight excluding hydrogens is 260 g/mol. The predicted molar refractivity (Wildman–Crippen MR) is 58.8 cm³/mol. The summed E-state index contributed by atoms with van der Waals surface area (Å²) in [5, 5.41) is 18.1. The van der Waals surface area contributed by atoms with Crippen LogP contribution in [0.25, 0.3) is 0 Å². The van der Waals surface area contributed by atoms with E-state index in [1.165, 1.54) is 0 Å². The van der Waals surface area contributed by atoms with Crippen molar-refractivity contribution in [2.45, 2.75) is 26.2 Å². The molecule has 4 atom stereocenters. The minimum atomic E-state index is -1.24. The summed E-state index contributed by atoms with van der Waals surface area (Å²) in [4.78, 5) is 32.9. The topological polar surface area (TPSA) is 119 Å². The van der Waals surface area contributed by atoms with Gasteiger partial charge in [-0.15, -0.1) is 0 Å². The SMILES string of the molecule is CC(=O)OC1OC[C@@H]([C@H](CO)C(=O)O)[C@H]1OC(C)=O. The Morgan fingerprint density at radius 2 is 1.84 bits per heavy atom. The van der Waals surface area contributed by atoms with Crippen molar-refractivity contribution in [1.82, 2.24) is 0 Å². The number of aliphatic carboxylic acids is 1. The third kappa shape index (κ3) is 3.90. The van der Waals surface area contributed by atoms with Crippen LogP contribution in [0.4, 0.5) is 0 Å². The Labute approximate surface area is 109 Å². The first-order chi connectivity index (χ1) is 8.86. The van der Waals surface area contributed by atoms with Crippen LogP contribution in [-0.4, -0.2) is 53.7 Å². The Kier molecular flexibility index (Phi) is 5.25. The molecule has 0 aliphatic carbocycles. The lowest BCUT2D eigenvalue weighted by atomic mass is 9.90. The summed E-state index contributed by atoms with van der Waals surface area (Å²) in [7, 11) is 0. The molecule has 0 saturated carbocycles. The fraction of sp³-hybridized carbons (Fsp3) is 0.727. The fourth-order valence-corrected chi connectivity index (χ4v) is 1.94. The van der Waals surface area contributed by atoms with Gasteiger partial charge in [0.15, 0.2) is 6.10 Å². The summed E-state index contributed by atoms with van der Waals surface area (Å²) < 4.78 is 14.9. The molecule has 8 heteroatoms. The molecule has 108 valence electrons. The summed E-state index contributed by atoms with van der Waals surface area (Å²) in [5.41, 5.74) is 0. The number of aliphatic hydroxyl groups excluding tert-OH is 1. The molecule has 19 heavy (non-hydrogen) atoms. The Morgan fingerprint density at radius 1 is 1.26 bits per heavy atom. The van der Waals surface area contributed by atoms with Crippen molar-refractivity contribution in [3.63, 3.8) is 0 Å². The van der Waals surface area contributed by atoms with Gasteiger partial charge in [0.1, 0.15) is 0 Å². The highest BCUT2D eigenvalue weighted by atomic mass is 16.7. The molecule has 2 N–H and O–H groups in total. The molecule has 0 amide bonds. The van der Waals surface area contributed by atoms with Crippen LogP contribution in [0, 0.1) is 11.8 Å². The van der Waals surface area contributed by atoms with Crippen LogP contribution in [0.3, 0.4) is 0 Å². The molecule has 0 radical (unpaired) electrons. The Balaban J connectivity index is 2.88. The highest BCUT2D eigenvalue weighted by Gasteiger charge is 2.47. The number of aliphatic hydroxyl groups is 1. The van der Waals surface area contributed by atoms with Crippen molar-refractivity contribution in [2.75, 3.05) is 13.2 Å². The van der Waals surface area contributed by atoms with Crippen molar-refractivity contribution in [1.29, 1.82) is 0 Å². The average Bonchev–Trinajstić information content (AvgIpc) is 2.62. The first-order valence-corrected chi connectivity index (χ1v) is 5.66. The number of carboxylic acid groups (broad SMARTS) is 1. The van der Waals surface area contributed by atoms with Gasteiger partial charge < -0.3 is 24.4 Å². The van der Waals surface area contributed by atoms with Gasteiger partial charge in [0.05, 0.1) is 19.1 Å². The number of rotatable bonds is 5. The van der Waals surface area contributed by atoms with Crippen LogP contribution < -0.4 is 0 Å². The Hall–Kier alpha value is -1.67. The molecule has 0 bridgehead atoms.